The van der Waals surface area contributed by atoms with E-state index in [1.807, 2.05) is 13.1 Å². The summed E-state index contributed by atoms with van der Waals surface area (Å²) in [5.74, 6) is 0.322. The van der Waals surface area contributed by atoms with Gasteiger partial charge in [-0.05, 0) is 75.3 Å². The van der Waals surface area contributed by atoms with Crippen LogP contribution < -0.4 is 10.6 Å². The average Bonchev–Trinajstić information content (AvgIpc) is 3.60. The molecule has 4 rings (SSSR count). The number of nitrogens with zero attached hydrogens (tertiary/aromatic N) is 2. The van der Waals surface area contributed by atoms with Crippen molar-refractivity contribution in [1.82, 2.24) is 15.2 Å². The summed E-state index contributed by atoms with van der Waals surface area (Å²) >= 11 is 0. The first kappa shape index (κ1) is 22.3. The first-order chi connectivity index (χ1) is 15.5. The number of hydrogen-bond donors (Lipinski definition) is 3. The molecular weight excluding hydrogens is 404 g/mol. The van der Waals surface area contributed by atoms with E-state index in [0.717, 1.165) is 43.7 Å². The number of rotatable bonds is 10. The van der Waals surface area contributed by atoms with Crippen molar-refractivity contribution in [3.8, 4) is 0 Å². The molecule has 0 spiro atoms. The number of carboxylic acids is 1. The van der Waals surface area contributed by atoms with E-state index in [0.29, 0.717) is 30.5 Å². The molecule has 170 valence electrons. The topological polar surface area (TPSA) is 94.6 Å². The molecule has 1 aromatic carbocycles. The van der Waals surface area contributed by atoms with Crippen LogP contribution in [-0.4, -0.2) is 59.1 Å². The van der Waals surface area contributed by atoms with Gasteiger partial charge in [0.25, 0.3) is 5.91 Å². The minimum atomic E-state index is -0.998. The molecule has 2 aliphatic rings. The number of aryl methyl sites for hydroxylation is 2. The summed E-state index contributed by atoms with van der Waals surface area (Å²) in [6.07, 6.45) is 5.85. The summed E-state index contributed by atoms with van der Waals surface area (Å²) in [6.45, 7) is 1.64. The number of aliphatic carboxylic acids is 1. The zero-order valence-electron chi connectivity index (χ0n) is 18.6. The molecular formula is C25H32N4O3. The van der Waals surface area contributed by atoms with Crippen LogP contribution in [0.3, 0.4) is 0 Å². The fraction of sp³-hybridized carbons (Fsp3) is 0.480. The van der Waals surface area contributed by atoms with Crippen molar-refractivity contribution in [2.75, 3.05) is 25.5 Å². The third kappa shape index (κ3) is 5.65. The Hall–Kier alpha value is -2.93. The summed E-state index contributed by atoms with van der Waals surface area (Å²) in [4.78, 5) is 31.0. The Kier molecular flexibility index (Phi) is 7.05. The molecule has 0 bridgehead atoms. The summed E-state index contributed by atoms with van der Waals surface area (Å²) in [5, 5.41) is 15.6. The average molecular weight is 437 g/mol. The molecule has 0 radical (unpaired) electrons. The van der Waals surface area contributed by atoms with Gasteiger partial charge in [-0.3, -0.25) is 4.79 Å². The minimum Gasteiger partial charge on any atom is -0.480 e. The molecule has 3 N–H and O–H groups in total. The highest BCUT2D eigenvalue weighted by Gasteiger charge is 2.39. The van der Waals surface area contributed by atoms with Gasteiger partial charge in [0, 0.05) is 30.4 Å². The predicted octanol–water partition coefficient (Wildman–Crippen LogP) is 2.97. The van der Waals surface area contributed by atoms with E-state index in [1.165, 1.54) is 12.0 Å². The van der Waals surface area contributed by atoms with Gasteiger partial charge < -0.3 is 20.6 Å². The molecule has 1 amide bonds. The van der Waals surface area contributed by atoms with Crippen LogP contribution in [0.4, 0.5) is 5.82 Å². The zero-order valence-corrected chi connectivity index (χ0v) is 18.6. The lowest BCUT2D eigenvalue weighted by Crippen LogP contribution is -2.43. The van der Waals surface area contributed by atoms with Crippen LogP contribution in [0.1, 0.15) is 47.3 Å². The molecule has 2 heterocycles. The van der Waals surface area contributed by atoms with Crippen molar-refractivity contribution in [2.24, 2.45) is 5.92 Å². The second-order valence-electron chi connectivity index (χ2n) is 8.94. The van der Waals surface area contributed by atoms with E-state index < -0.39 is 12.0 Å². The lowest BCUT2D eigenvalue weighted by molar-refractivity contribution is -0.139. The second kappa shape index (κ2) is 10.1. The number of aromatic nitrogens is 1. The maximum absolute atomic E-state index is 12.3. The Balaban J connectivity index is 1.21. The molecule has 32 heavy (non-hydrogen) atoms. The number of pyridine rings is 1. The number of fused-ring (bicyclic) bond motifs is 1. The number of carboxylic acid groups (broad SMARTS) is 1. The molecule has 1 aromatic heterocycles. The summed E-state index contributed by atoms with van der Waals surface area (Å²) in [5.41, 5.74) is 2.93. The Morgan fingerprint density at radius 1 is 1.25 bits per heavy atom. The number of nitrogens with one attached hydrogen (secondary N) is 2. The zero-order chi connectivity index (χ0) is 22.5. The lowest BCUT2D eigenvalue weighted by atomic mass is 10.1. The molecule has 1 aliphatic heterocycles. The van der Waals surface area contributed by atoms with Crippen LogP contribution in [0, 0.1) is 5.92 Å². The highest BCUT2D eigenvalue weighted by atomic mass is 16.4. The van der Waals surface area contributed by atoms with Crippen molar-refractivity contribution < 1.29 is 14.7 Å². The lowest BCUT2D eigenvalue weighted by Gasteiger charge is -2.21. The van der Waals surface area contributed by atoms with Crippen LogP contribution in [-0.2, 0) is 17.6 Å². The summed E-state index contributed by atoms with van der Waals surface area (Å²) in [7, 11) is 2.05. The third-order valence-electron chi connectivity index (χ3n) is 6.58. The van der Waals surface area contributed by atoms with Crippen molar-refractivity contribution >= 4 is 17.7 Å². The number of carbonyl (C=O) groups excluding carboxylic acids is 1. The SMILES string of the molecule is CN(CC[C@H](NC(=O)c1ccccc1)C(=O)O)C1CC1CCc1ccc2c(n1)NCCC2. The van der Waals surface area contributed by atoms with Crippen LogP contribution in [0.2, 0.25) is 0 Å². The van der Waals surface area contributed by atoms with Gasteiger partial charge in [-0.1, -0.05) is 24.3 Å². The van der Waals surface area contributed by atoms with Gasteiger partial charge in [0.2, 0.25) is 0 Å². The monoisotopic (exact) mass is 436 g/mol. The van der Waals surface area contributed by atoms with Gasteiger partial charge >= 0.3 is 5.97 Å². The number of benzene rings is 1. The fourth-order valence-corrected chi connectivity index (χ4v) is 4.51. The predicted molar refractivity (Wildman–Crippen MR) is 124 cm³/mol. The number of anilines is 1. The van der Waals surface area contributed by atoms with Crippen molar-refractivity contribution in [3.63, 3.8) is 0 Å². The van der Waals surface area contributed by atoms with E-state index in [4.69, 9.17) is 4.98 Å². The number of hydrogen-bond acceptors (Lipinski definition) is 5. The fourth-order valence-electron chi connectivity index (χ4n) is 4.51. The van der Waals surface area contributed by atoms with Crippen molar-refractivity contribution in [2.45, 2.75) is 50.6 Å². The van der Waals surface area contributed by atoms with Crippen molar-refractivity contribution in [1.29, 1.82) is 0 Å². The van der Waals surface area contributed by atoms with E-state index in [1.54, 1.807) is 24.3 Å². The second-order valence-corrected chi connectivity index (χ2v) is 8.94. The van der Waals surface area contributed by atoms with E-state index in [2.05, 4.69) is 27.7 Å². The van der Waals surface area contributed by atoms with E-state index in [-0.39, 0.29) is 5.91 Å². The van der Waals surface area contributed by atoms with Crippen LogP contribution >= 0.6 is 0 Å². The third-order valence-corrected chi connectivity index (χ3v) is 6.58. The largest absolute Gasteiger partial charge is 0.480 e. The molecule has 1 saturated carbocycles. The van der Waals surface area contributed by atoms with E-state index >= 15 is 0 Å². The molecule has 1 aliphatic carbocycles. The molecule has 3 atom stereocenters. The molecule has 7 nitrogen and oxygen atoms in total. The van der Waals surface area contributed by atoms with Gasteiger partial charge in [-0.15, -0.1) is 0 Å². The molecule has 0 saturated heterocycles. The highest BCUT2D eigenvalue weighted by molar-refractivity contribution is 5.96. The highest BCUT2D eigenvalue weighted by Crippen LogP contribution is 2.38. The molecule has 1 fully saturated rings. The Labute approximate surface area is 189 Å². The van der Waals surface area contributed by atoms with Crippen LogP contribution in [0.5, 0.6) is 0 Å². The van der Waals surface area contributed by atoms with Crippen LogP contribution in [0.15, 0.2) is 42.5 Å². The number of amides is 1. The Morgan fingerprint density at radius 2 is 2.06 bits per heavy atom. The van der Waals surface area contributed by atoms with Gasteiger partial charge in [-0.25, -0.2) is 9.78 Å². The Bertz CT molecular complexity index is 949. The van der Waals surface area contributed by atoms with Crippen molar-refractivity contribution in [3.05, 3.63) is 59.3 Å². The van der Waals surface area contributed by atoms with Gasteiger partial charge in [0.1, 0.15) is 11.9 Å². The molecule has 7 heteroatoms. The van der Waals surface area contributed by atoms with Gasteiger partial charge in [0.05, 0.1) is 0 Å². The van der Waals surface area contributed by atoms with Gasteiger partial charge in [-0.2, -0.15) is 0 Å². The normalized spacial score (nSPS) is 20.2. The summed E-state index contributed by atoms with van der Waals surface area (Å²) in [6, 6.07) is 12.7. The molecule has 2 aromatic rings. The summed E-state index contributed by atoms with van der Waals surface area (Å²) < 4.78 is 0. The maximum atomic E-state index is 12.3. The smallest absolute Gasteiger partial charge is 0.326 e. The maximum Gasteiger partial charge on any atom is 0.326 e. The number of carbonyl (C=O) groups is 2. The quantitative estimate of drug-likeness (QED) is 0.530. The Morgan fingerprint density at radius 3 is 2.84 bits per heavy atom. The van der Waals surface area contributed by atoms with E-state index in [9.17, 15) is 14.7 Å². The van der Waals surface area contributed by atoms with Gasteiger partial charge in [0.15, 0.2) is 0 Å². The first-order valence-electron chi connectivity index (χ1n) is 11.5. The van der Waals surface area contributed by atoms with Crippen LogP contribution in [0.25, 0.3) is 0 Å². The first-order valence-corrected chi connectivity index (χ1v) is 11.5. The minimum absolute atomic E-state index is 0.350. The molecule has 2 unspecified atom stereocenters. The standard InChI is InChI=1S/C25H32N4O3/c1-29(15-13-21(25(31)32)28-24(30)18-6-3-2-4-7-18)22-16-19(22)10-12-20-11-9-17-8-5-14-26-23(17)27-20/h2-4,6-7,9,11,19,21-22H,5,8,10,12-16H2,1H3,(H,26,27)(H,28,30)(H,31,32)/t19?,21-,22?/m0/s1.